The molecular formula is C13H11ClFNO2S. The molecule has 0 fully saturated rings. The van der Waals surface area contributed by atoms with Crippen LogP contribution >= 0.6 is 11.6 Å². The highest BCUT2D eigenvalue weighted by Gasteiger charge is 2.16. The number of benzene rings is 2. The largest absolute Gasteiger partial charge is 0.242 e. The van der Waals surface area contributed by atoms with Gasteiger partial charge in [-0.3, -0.25) is 0 Å². The zero-order valence-electron chi connectivity index (χ0n) is 9.81. The van der Waals surface area contributed by atoms with Crippen molar-refractivity contribution in [3.8, 4) is 0 Å². The van der Waals surface area contributed by atoms with E-state index in [9.17, 15) is 12.8 Å². The molecule has 0 aromatic heterocycles. The molecule has 2 aromatic carbocycles. The van der Waals surface area contributed by atoms with Crippen molar-refractivity contribution in [1.82, 2.24) is 4.72 Å². The van der Waals surface area contributed by atoms with Crippen LogP contribution in [0.15, 0.2) is 53.4 Å². The van der Waals surface area contributed by atoms with E-state index in [1.807, 2.05) is 0 Å². The van der Waals surface area contributed by atoms with E-state index >= 15 is 0 Å². The van der Waals surface area contributed by atoms with Crippen LogP contribution in [0.3, 0.4) is 0 Å². The molecule has 100 valence electrons. The molecule has 0 aliphatic heterocycles. The number of rotatable bonds is 4. The van der Waals surface area contributed by atoms with Gasteiger partial charge in [0.05, 0.1) is 5.02 Å². The lowest BCUT2D eigenvalue weighted by Gasteiger charge is -2.08. The first-order valence-electron chi connectivity index (χ1n) is 5.48. The van der Waals surface area contributed by atoms with Gasteiger partial charge >= 0.3 is 0 Å². The predicted octanol–water partition coefficient (Wildman–Crippen LogP) is 2.96. The molecule has 0 spiro atoms. The lowest BCUT2D eigenvalue weighted by molar-refractivity contribution is 0.581. The van der Waals surface area contributed by atoms with Gasteiger partial charge in [-0.15, -0.1) is 0 Å². The van der Waals surface area contributed by atoms with E-state index in [-0.39, 0.29) is 22.3 Å². The van der Waals surface area contributed by atoms with Crippen molar-refractivity contribution in [2.45, 2.75) is 11.4 Å². The fourth-order valence-electron chi connectivity index (χ4n) is 1.52. The molecule has 0 saturated heterocycles. The van der Waals surface area contributed by atoms with Gasteiger partial charge in [-0.2, -0.15) is 0 Å². The Morgan fingerprint density at radius 2 is 1.68 bits per heavy atom. The number of hydrogen-bond donors (Lipinski definition) is 1. The molecule has 0 bridgehead atoms. The molecule has 19 heavy (non-hydrogen) atoms. The van der Waals surface area contributed by atoms with E-state index in [0.717, 1.165) is 0 Å². The summed E-state index contributed by atoms with van der Waals surface area (Å²) in [6.07, 6.45) is 0. The summed E-state index contributed by atoms with van der Waals surface area (Å²) < 4.78 is 39.2. The van der Waals surface area contributed by atoms with Crippen LogP contribution in [-0.2, 0) is 16.6 Å². The molecule has 0 amide bonds. The van der Waals surface area contributed by atoms with Crippen LogP contribution < -0.4 is 4.72 Å². The summed E-state index contributed by atoms with van der Waals surface area (Å²) in [5, 5.41) is 0.161. The summed E-state index contributed by atoms with van der Waals surface area (Å²) in [5.41, 5.74) is 0.664. The first-order valence-corrected chi connectivity index (χ1v) is 7.34. The van der Waals surface area contributed by atoms with Crippen LogP contribution in [0.25, 0.3) is 0 Å². The van der Waals surface area contributed by atoms with E-state index in [2.05, 4.69) is 4.72 Å². The van der Waals surface area contributed by atoms with Crippen molar-refractivity contribution in [1.29, 1.82) is 0 Å². The smallest absolute Gasteiger partial charge is 0.207 e. The summed E-state index contributed by atoms with van der Waals surface area (Å²) in [6.45, 7) is 0.0772. The molecule has 0 unspecified atom stereocenters. The molecule has 2 rings (SSSR count). The molecule has 2 aromatic rings. The maximum Gasteiger partial charge on any atom is 0.242 e. The minimum Gasteiger partial charge on any atom is -0.207 e. The Balaban J connectivity index is 2.14. The summed E-state index contributed by atoms with van der Waals surface area (Å²) in [4.78, 5) is 0.0266. The maximum atomic E-state index is 12.7. The minimum atomic E-state index is -3.67. The predicted molar refractivity (Wildman–Crippen MR) is 71.9 cm³/mol. The fraction of sp³-hybridized carbons (Fsp3) is 0.0769. The number of halogens is 2. The van der Waals surface area contributed by atoms with E-state index < -0.39 is 10.0 Å². The highest BCUT2D eigenvalue weighted by atomic mass is 35.5. The fourth-order valence-corrected chi connectivity index (χ4v) is 3.06. The molecule has 0 saturated carbocycles. The normalized spacial score (nSPS) is 11.5. The monoisotopic (exact) mass is 299 g/mol. The Morgan fingerprint density at radius 1 is 1.05 bits per heavy atom. The summed E-state index contributed by atoms with van der Waals surface area (Å²) in [5.74, 6) is -0.363. The van der Waals surface area contributed by atoms with E-state index in [1.165, 1.54) is 36.4 Å². The van der Waals surface area contributed by atoms with E-state index in [0.29, 0.717) is 5.56 Å². The van der Waals surface area contributed by atoms with Crippen LogP contribution in [0, 0.1) is 5.82 Å². The molecule has 0 radical (unpaired) electrons. The Bertz CT molecular complexity index is 671. The summed E-state index contributed by atoms with van der Waals surface area (Å²) in [6, 6.07) is 11.8. The highest BCUT2D eigenvalue weighted by Crippen LogP contribution is 2.20. The minimum absolute atomic E-state index is 0.0266. The second-order valence-electron chi connectivity index (χ2n) is 3.88. The van der Waals surface area contributed by atoms with Crippen LogP contribution in [0.5, 0.6) is 0 Å². The van der Waals surface area contributed by atoms with Gasteiger partial charge in [0, 0.05) is 6.54 Å². The van der Waals surface area contributed by atoms with Gasteiger partial charge in [0.25, 0.3) is 0 Å². The lowest BCUT2D eigenvalue weighted by atomic mass is 10.2. The van der Waals surface area contributed by atoms with Gasteiger partial charge in [-0.25, -0.2) is 17.5 Å². The Hall–Kier alpha value is -1.43. The summed E-state index contributed by atoms with van der Waals surface area (Å²) >= 11 is 5.84. The van der Waals surface area contributed by atoms with Crippen LogP contribution in [0.1, 0.15) is 5.56 Å². The van der Waals surface area contributed by atoms with Crippen LogP contribution in [0.4, 0.5) is 4.39 Å². The second kappa shape index (κ2) is 5.69. The Labute approximate surface area is 116 Å². The highest BCUT2D eigenvalue weighted by molar-refractivity contribution is 7.89. The van der Waals surface area contributed by atoms with Gasteiger partial charge in [0.2, 0.25) is 10.0 Å². The maximum absolute atomic E-state index is 12.7. The molecule has 3 nitrogen and oxygen atoms in total. The van der Waals surface area contributed by atoms with Crippen LogP contribution in [-0.4, -0.2) is 8.42 Å². The number of nitrogens with one attached hydrogen (secondary N) is 1. The van der Waals surface area contributed by atoms with Crippen molar-refractivity contribution < 1.29 is 12.8 Å². The molecule has 0 atom stereocenters. The molecule has 0 aliphatic carbocycles. The third-order valence-electron chi connectivity index (χ3n) is 2.51. The first kappa shape index (κ1) is 14.0. The number of hydrogen-bond acceptors (Lipinski definition) is 2. The average molecular weight is 300 g/mol. The quantitative estimate of drug-likeness (QED) is 0.943. The standard InChI is InChI=1S/C13H11ClFNO2S/c14-12-3-1-2-4-13(12)19(17,18)16-9-10-5-7-11(15)8-6-10/h1-8,16H,9H2. The number of sulfonamides is 1. The van der Waals surface area contributed by atoms with Crippen LogP contribution in [0.2, 0.25) is 5.02 Å². The van der Waals surface area contributed by atoms with E-state index in [1.54, 1.807) is 12.1 Å². The average Bonchev–Trinajstić information content (AvgIpc) is 2.38. The molecule has 1 N–H and O–H groups in total. The second-order valence-corrected chi connectivity index (χ2v) is 6.02. The van der Waals surface area contributed by atoms with Gasteiger partial charge in [0.1, 0.15) is 10.7 Å². The Kier molecular flexibility index (Phi) is 4.19. The SMILES string of the molecule is O=S(=O)(NCc1ccc(F)cc1)c1ccccc1Cl. The molecule has 6 heteroatoms. The topological polar surface area (TPSA) is 46.2 Å². The molecule has 0 heterocycles. The van der Waals surface area contributed by atoms with E-state index in [4.69, 9.17) is 11.6 Å². The molecule has 0 aliphatic rings. The first-order chi connectivity index (χ1) is 8.99. The van der Waals surface area contributed by atoms with Crippen molar-refractivity contribution in [2.24, 2.45) is 0 Å². The zero-order valence-corrected chi connectivity index (χ0v) is 11.4. The van der Waals surface area contributed by atoms with Gasteiger partial charge < -0.3 is 0 Å². The third kappa shape index (κ3) is 3.53. The zero-order chi connectivity index (χ0) is 13.9. The van der Waals surface area contributed by atoms with Crippen molar-refractivity contribution >= 4 is 21.6 Å². The van der Waals surface area contributed by atoms with Gasteiger partial charge in [0.15, 0.2) is 0 Å². The van der Waals surface area contributed by atoms with Crippen molar-refractivity contribution in [3.63, 3.8) is 0 Å². The van der Waals surface area contributed by atoms with Crippen molar-refractivity contribution in [3.05, 3.63) is 64.9 Å². The molecular weight excluding hydrogens is 289 g/mol. The Morgan fingerprint density at radius 3 is 2.32 bits per heavy atom. The lowest BCUT2D eigenvalue weighted by Crippen LogP contribution is -2.23. The van der Waals surface area contributed by atoms with Gasteiger partial charge in [-0.1, -0.05) is 35.9 Å². The third-order valence-corrected chi connectivity index (χ3v) is 4.41. The summed E-state index contributed by atoms with van der Waals surface area (Å²) in [7, 11) is -3.67. The van der Waals surface area contributed by atoms with Crippen molar-refractivity contribution in [2.75, 3.05) is 0 Å². The van der Waals surface area contributed by atoms with Gasteiger partial charge in [-0.05, 0) is 29.8 Å².